The van der Waals surface area contributed by atoms with Crippen molar-refractivity contribution in [1.29, 1.82) is 0 Å². The number of pyridine rings is 1. The molecule has 1 saturated heterocycles. The fourth-order valence-electron chi connectivity index (χ4n) is 3.32. The summed E-state index contributed by atoms with van der Waals surface area (Å²) in [6.07, 6.45) is 5.36. The SMILES string of the molecule is CN1CCC(C(=O)Nc2cc3cc(-c4cccnc4)ccc3nn2)CC1. The highest BCUT2D eigenvalue weighted by Gasteiger charge is 2.23. The number of carbonyl (C=O) groups excluding carboxylic acids is 1. The van der Waals surface area contributed by atoms with Gasteiger partial charge in [0.05, 0.1) is 5.52 Å². The highest BCUT2D eigenvalue weighted by atomic mass is 16.2. The van der Waals surface area contributed by atoms with Crippen molar-refractivity contribution in [2.45, 2.75) is 12.8 Å². The summed E-state index contributed by atoms with van der Waals surface area (Å²) in [5.41, 5.74) is 2.91. The maximum absolute atomic E-state index is 12.5. The van der Waals surface area contributed by atoms with Crippen molar-refractivity contribution in [2.75, 3.05) is 25.5 Å². The van der Waals surface area contributed by atoms with Crippen molar-refractivity contribution >= 4 is 22.6 Å². The number of hydrogen-bond donors (Lipinski definition) is 1. The molecule has 26 heavy (non-hydrogen) atoms. The average Bonchev–Trinajstić information content (AvgIpc) is 2.68. The summed E-state index contributed by atoms with van der Waals surface area (Å²) in [4.78, 5) is 18.9. The largest absolute Gasteiger partial charge is 0.309 e. The van der Waals surface area contributed by atoms with E-state index in [1.807, 2.05) is 42.6 Å². The zero-order valence-corrected chi connectivity index (χ0v) is 14.7. The summed E-state index contributed by atoms with van der Waals surface area (Å²) in [5.74, 6) is 0.588. The molecular weight excluding hydrogens is 326 g/mol. The topological polar surface area (TPSA) is 71.0 Å². The van der Waals surface area contributed by atoms with Crippen LogP contribution in [0.5, 0.6) is 0 Å². The van der Waals surface area contributed by atoms with E-state index in [1.165, 1.54) is 0 Å². The van der Waals surface area contributed by atoms with Crippen LogP contribution in [0.25, 0.3) is 22.0 Å². The molecule has 0 radical (unpaired) electrons. The molecule has 1 aromatic carbocycles. The Morgan fingerprint density at radius 2 is 1.96 bits per heavy atom. The van der Waals surface area contributed by atoms with Crippen molar-refractivity contribution in [2.24, 2.45) is 5.92 Å². The molecule has 1 aliphatic heterocycles. The van der Waals surface area contributed by atoms with Crippen LogP contribution >= 0.6 is 0 Å². The third-order valence-corrected chi connectivity index (χ3v) is 4.92. The van der Waals surface area contributed by atoms with Gasteiger partial charge >= 0.3 is 0 Å². The molecule has 3 heterocycles. The molecular formula is C20H21N5O. The van der Waals surface area contributed by atoms with Gasteiger partial charge in [-0.25, -0.2) is 0 Å². The van der Waals surface area contributed by atoms with Gasteiger partial charge in [-0.3, -0.25) is 9.78 Å². The van der Waals surface area contributed by atoms with Gasteiger partial charge in [-0.05, 0) is 62.8 Å². The molecule has 3 aromatic rings. The summed E-state index contributed by atoms with van der Waals surface area (Å²) in [5, 5.41) is 12.3. The number of hydrogen-bond acceptors (Lipinski definition) is 5. The van der Waals surface area contributed by atoms with Gasteiger partial charge in [-0.15, -0.1) is 10.2 Å². The minimum atomic E-state index is 0.0372. The average molecular weight is 347 g/mol. The standard InChI is InChI=1S/C20H21N5O/c1-25-9-6-14(7-10-25)20(26)22-19-12-17-11-15(4-5-18(17)23-24-19)16-3-2-8-21-13-16/h2-5,8,11-14H,6-7,9-10H2,1H3,(H,22,24,26). The number of aromatic nitrogens is 3. The van der Waals surface area contributed by atoms with Gasteiger partial charge in [-0.2, -0.15) is 0 Å². The highest BCUT2D eigenvalue weighted by molar-refractivity contribution is 5.94. The highest BCUT2D eigenvalue weighted by Crippen LogP contribution is 2.24. The van der Waals surface area contributed by atoms with Gasteiger partial charge in [0.25, 0.3) is 0 Å². The molecule has 0 bridgehead atoms. The number of rotatable bonds is 3. The van der Waals surface area contributed by atoms with E-state index in [1.54, 1.807) is 6.20 Å². The quantitative estimate of drug-likeness (QED) is 0.789. The van der Waals surface area contributed by atoms with Gasteiger partial charge in [0.2, 0.25) is 5.91 Å². The summed E-state index contributed by atoms with van der Waals surface area (Å²) in [7, 11) is 2.09. The van der Waals surface area contributed by atoms with Crippen molar-refractivity contribution in [3.8, 4) is 11.1 Å². The molecule has 4 rings (SSSR count). The number of piperidine rings is 1. The van der Waals surface area contributed by atoms with Crippen LogP contribution in [0.3, 0.4) is 0 Å². The molecule has 1 fully saturated rings. The van der Waals surface area contributed by atoms with Crippen molar-refractivity contribution in [3.63, 3.8) is 0 Å². The Labute approximate surface area is 152 Å². The maximum atomic E-state index is 12.5. The molecule has 132 valence electrons. The normalized spacial score (nSPS) is 15.9. The lowest BCUT2D eigenvalue weighted by atomic mass is 9.96. The molecule has 6 heteroatoms. The van der Waals surface area contributed by atoms with Crippen LogP contribution in [0.2, 0.25) is 0 Å². The lowest BCUT2D eigenvalue weighted by molar-refractivity contribution is -0.121. The molecule has 2 aromatic heterocycles. The summed E-state index contributed by atoms with van der Waals surface area (Å²) in [6, 6.07) is 11.8. The zero-order valence-electron chi connectivity index (χ0n) is 14.7. The fourth-order valence-corrected chi connectivity index (χ4v) is 3.32. The first-order valence-corrected chi connectivity index (χ1v) is 8.86. The number of benzene rings is 1. The van der Waals surface area contributed by atoms with Crippen molar-refractivity contribution in [1.82, 2.24) is 20.1 Å². The van der Waals surface area contributed by atoms with Gasteiger partial charge in [-0.1, -0.05) is 12.1 Å². The molecule has 0 atom stereocenters. The second-order valence-corrected chi connectivity index (χ2v) is 6.81. The van der Waals surface area contributed by atoms with Crippen LogP contribution in [0.4, 0.5) is 5.82 Å². The molecule has 6 nitrogen and oxygen atoms in total. The molecule has 1 amide bonds. The number of amides is 1. The Morgan fingerprint density at radius 1 is 1.12 bits per heavy atom. The van der Waals surface area contributed by atoms with Crippen LogP contribution in [0.1, 0.15) is 12.8 Å². The molecule has 0 spiro atoms. The van der Waals surface area contributed by atoms with Gasteiger partial charge < -0.3 is 10.2 Å². The first kappa shape index (κ1) is 16.6. The van der Waals surface area contributed by atoms with Gasteiger partial charge in [0.1, 0.15) is 0 Å². The van der Waals surface area contributed by atoms with Crippen LogP contribution in [0, 0.1) is 5.92 Å². The lowest BCUT2D eigenvalue weighted by Gasteiger charge is -2.27. The van der Waals surface area contributed by atoms with E-state index in [4.69, 9.17) is 0 Å². The van der Waals surface area contributed by atoms with E-state index >= 15 is 0 Å². The van der Waals surface area contributed by atoms with Gasteiger partial charge in [0.15, 0.2) is 5.82 Å². The number of fused-ring (bicyclic) bond motifs is 1. The Balaban J connectivity index is 1.55. The molecule has 0 aliphatic carbocycles. The summed E-state index contributed by atoms with van der Waals surface area (Å²) < 4.78 is 0. The number of nitrogens with one attached hydrogen (secondary N) is 1. The molecule has 0 unspecified atom stereocenters. The second-order valence-electron chi connectivity index (χ2n) is 6.81. The van der Waals surface area contributed by atoms with Crippen molar-refractivity contribution < 1.29 is 4.79 Å². The van der Waals surface area contributed by atoms with Crippen LogP contribution < -0.4 is 5.32 Å². The predicted octanol–water partition coefficient (Wildman–Crippen LogP) is 2.97. The number of nitrogens with zero attached hydrogens (tertiary/aromatic N) is 4. The van der Waals surface area contributed by atoms with E-state index in [0.717, 1.165) is 48.0 Å². The summed E-state index contributed by atoms with van der Waals surface area (Å²) >= 11 is 0. The van der Waals surface area contributed by atoms with Crippen LogP contribution in [0.15, 0.2) is 48.8 Å². The molecule has 1 aliphatic rings. The van der Waals surface area contributed by atoms with E-state index in [9.17, 15) is 4.79 Å². The monoisotopic (exact) mass is 347 g/mol. The third kappa shape index (κ3) is 3.55. The number of anilines is 1. The Hall–Kier alpha value is -2.86. The van der Waals surface area contributed by atoms with Crippen LogP contribution in [-0.2, 0) is 4.79 Å². The van der Waals surface area contributed by atoms with E-state index in [0.29, 0.717) is 5.82 Å². The second kappa shape index (κ2) is 7.17. The zero-order chi connectivity index (χ0) is 17.9. The Bertz CT molecular complexity index is 920. The molecule has 1 N–H and O–H groups in total. The molecule has 0 saturated carbocycles. The minimum Gasteiger partial charge on any atom is -0.309 e. The predicted molar refractivity (Wildman–Crippen MR) is 102 cm³/mol. The summed E-state index contributed by atoms with van der Waals surface area (Å²) in [6.45, 7) is 1.91. The van der Waals surface area contributed by atoms with E-state index < -0.39 is 0 Å². The first-order chi connectivity index (χ1) is 12.7. The number of carbonyl (C=O) groups is 1. The first-order valence-electron chi connectivity index (χ1n) is 8.86. The van der Waals surface area contributed by atoms with E-state index in [-0.39, 0.29) is 11.8 Å². The Kier molecular flexibility index (Phi) is 4.58. The lowest BCUT2D eigenvalue weighted by Crippen LogP contribution is -2.36. The van der Waals surface area contributed by atoms with Gasteiger partial charge in [0, 0.05) is 29.3 Å². The van der Waals surface area contributed by atoms with E-state index in [2.05, 4.69) is 32.4 Å². The minimum absolute atomic E-state index is 0.0372. The fraction of sp³-hybridized carbons (Fsp3) is 0.300. The smallest absolute Gasteiger partial charge is 0.228 e. The van der Waals surface area contributed by atoms with Crippen molar-refractivity contribution in [3.05, 3.63) is 48.8 Å². The maximum Gasteiger partial charge on any atom is 0.228 e. The third-order valence-electron chi connectivity index (χ3n) is 4.92. The number of likely N-dealkylation sites (tertiary alicyclic amines) is 1. The Morgan fingerprint density at radius 3 is 2.73 bits per heavy atom. The van der Waals surface area contributed by atoms with Crippen LogP contribution in [-0.4, -0.2) is 46.1 Å².